The molecule has 0 fully saturated rings. The Hall–Kier alpha value is -1.88. The zero-order valence-corrected chi connectivity index (χ0v) is 11.2. The van der Waals surface area contributed by atoms with Crippen molar-refractivity contribution in [3.63, 3.8) is 0 Å². The average molecular weight is 265 g/mol. The number of nitrogens with one attached hydrogen (secondary N) is 1. The van der Waals surface area contributed by atoms with Gasteiger partial charge in [0.15, 0.2) is 0 Å². The molecule has 1 unspecified atom stereocenters. The number of methoxy groups -OCH3 is 1. The predicted molar refractivity (Wildman–Crippen MR) is 70.9 cm³/mol. The number of carboxylic acids is 1. The second-order valence-corrected chi connectivity index (χ2v) is 4.55. The summed E-state index contributed by atoms with van der Waals surface area (Å²) in [4.78, 5) is 22.4. The number of hydrogen-bond acceptors (Lipinski definition) is 3. The monoisotopic (exact) mass is 265 g/mol. The molecule has 0 radical (unpaired) electrons. The molecule has 1 atom stereocenters. The average Bonchev–Trinajstić information content (AvgIpc) is 2.36. The van der Waals surface area contributed by atoms with E-state index >= 15 is 0 Å². The van der Waals surface area contributed by atoms with E-state index in [-0.39, 0.29) is 18.2 Å². The van der Waals surface area contributed by atoms with E-state index in [0.717, 1.165) is 5.56 Å². The zero-order chi connectivity index (χ0) is 14.3. The maximum atomic E-state index is 11.9. The number of hydrogen-bond donors (Lipinski definition) is 2. The molecule has 1 rings (SSSR count). The van der Waals surface area contributed by atoms with Crippen LogP contribution in [-0.2, 0) is 16.1 Å². The molecule has 0 aromatic heterocycles. The first-order chi connectivity index (χ1) is 9.02. The molecule has 5 heteroatoms. The molecule has 1 amide bonds. The minimum absolute atomic E-state index is 0.0456. The minimum Gasteiger partial charge on any atom is -0.481 e. The highest BCUT2D eigenvalue weighted by atomic mass is 16.5. The molecule has 1 aromatic carbocycles. The third-order valence-corrected chi connectivity index (χ3v) is 2.63. The van der Waals surface area contributed by atoms with Crippen molar-refractivity contribution >= 4 is 11.9 Å². The normalized spacial score (nSPS) is 11.9. The fourth-order valence-corrected chi connectivity index (χ4v) is 1.71. The van der Waals surface area contributed by atoms with Crippen LogP contribution in [0.5, 0.6) is 0 Å². The van der Waals surface area contributed by atoms with Gasteiger partial charge in [-0.1, -0.05) is 19.1 Å². The molecule has 19 heavy (non-hydrogen) atoms. The van der Waals surface area contributed by atoms with Gasteiger partial charge in [-0.3, -0.25) is 9.59 Å². The zero-order valence-electron chi connectivity index (χ0n) is 11.2. The van der Waals surface area contributed by atoms with Crippen molar-refractivity contribution in [2.45, 2.75) is 20.0 Å². The maximum Gasteiger partial charge on any atom is 0.303 e. The van der Waals surface area contributed by atoms with Crippen LogP contribution in [0.2, 0.25) is 0 Å². The van der Waals surface area contributed by atoms with Gasteiger partial charge in [0.2, 0.25) is 0 Å². The molecule has 0 spiro atoms. The molecule has 0 aliphatic rings. The molecule has 0 saturated heterocycles. The van der Waals surface area contributed by atoms with E-state index in [4.69, 9.17) is 9.84 Å². The summed E-state index contributed by atoms with van der Waals surface area (Å²) in [7, 11) is 1.60. The Morgan fingerprint density at radius 2 is 2.16 bits per heavy atom. The minimum atomic E-state index is -0.858. The van der Waals surface area contributed by atoms with E-state index in [0.29, 0.717) is 18.7 Å². The van der Waals surface area contributed by atoms with Crippen molar-refractivity contribution in [3.8, 4) is 0 Å². The van der Waals surface area contributed by atoms with Gasteiger partial charge in [0.05, 0.1) is 6.61 Å². The van der Waals surface area contributed by atoms with Crippen molar-refractivity contribution in [2.75, 3.05) is 13.7 Å². The quantitative estimate of drug-likeness (QED) is 0.786. The van der Waals surface area contributed by atoms with Crippen LogP contribution in [0.1, 0.15) is 29.3 Å². The van der Waals surface area contributed by atoms with Crippen LogP contribution in [0.4, 0.5) is 0 Å². The standard InChI is InChI=1S/C14H19NO4/c1-10(6-13(16)17)8-15-14(18)12-5-3-4-11(7-12)9-19-2/h3-5,7,10H,6,8-9H2,1-2H3,(H,15,18)(H,16,17). The lowest BCUT2D eigenvalue weighted by Crippen LogP contribution is -2.29. The summed E-state index contributed by atoms with van der Waals surface area (Å²) in [6.07, 6.45) is 0.0456. The molecule has 0 heterocycles. The number of ether oxygens (including phenoxy) is 1. The Labute approximate surface area is 112 Å². The lowest BCUT2D eigenvalue weighted by atomic mass is 10.1. The number of amides is 1. The second-order valence-electron chi connectivity index (χ2n) is 4.55. The van der Waals surface area contributed by atoms with E-state index in [1.807, 2.05) is 6.07 Å². The Kier molecular flexibility index (Phi) is 6.02. The van der Waals surface area contributed by atoms with E-state index in [2.05, 4.69) is 5.32 Å². The van der Waals surface area contributed by atoms with Crippen LogP contribution in [-0.4, -0.2) is 30.6 Å². The van der Waals surface area contributed by atoms with Gasteiger partial charge in [-0.15, -0.1) is 0 Å². The van der Waals surface area contributed by atoms with Gasteiger partial charge in [0.25, 0.3) is 5.91 Å². The smallest absolute Gasteiger partial charge is 0.303 e. The van der Waals surface area contributed by atoms with Crippen molar-refractivity contribution < 1.29 is 19.4 Å². The Bertz CT molecular complexity index is 445. The summed E-state index contributed by atoms with van der Waals surface area (Å²) in [6, 6.07) is 7.16. The van der Waals surface area contributed by atoms with Crippen LogP contribution in [0.3, 0.4) is 0 Å². The summed E-state index contributed by atoms with van der Waals surface area (Å²) in [5.74, 6) is -1.15. The molecule has 0 saturated carbocycles. The second kappa shape index (κ2) is 7.53. The molecular weight excluding hydrogens is 246 g/mol. The van der Waals surface area contributed by atoms with Crippen molar-refractivity contribution in [2.24, 2.45) is 5.92 Å². The number of rotatable bonds is 7. The van der Waals surface area contributed by atoms with Gasteiger partial charge in [-0.25, -0.2) is 0 Å². The van der Waals surface area contributed by atoms with Gasteiger partial charge >= 0.3 is 5.97 Å². The highest BCUT2D eigenvalue weighted by molar-refractivity contribution is 5.94. The van der Waals surface area contributed by atoms with Crippen molar-refractivity contribution in [3.05, 3.63) is 35.4 Å². The Balaban J connectivity index is 2.53. The van der Waals surface area contributed by atoms with Crippen LogP contribution in [0.25, 0.3) is 0 Å². The molecule has 0 aliphatic carbocycles. The lowest BCUT2D eigenvalue weighted by molar-refractivity contribution is -0.137. The molecule has 2 N–H and O–H groups in total. The fourth-order valence-electron chi connectivity index (χ4n) is 1.71. The number of benzene rings is 1. The predicted octanol–water partition coefficient (Wildman–Crippen LogP) is 1.67. The van der Waals surface area contributed by atoms with E-state index in [9.17, 15) is 9.59 Å². The van der Waals surface area contributed by atoms with Gasteiger partial charge in [-0.2, -0.15) is 0 Å². The van der Waals surface area contributed by atoms with E-state index in [1.54, 1.807) is 32.2 Å². The summed E-state index contributed by atoms with van der Waals surface area (Å²) in [5, 5.41) is 11.4. The van der Waals surface area contributed by atoms with E-state index in [1.165, 1.54) is 0 Å². The molecule has 0 aliphatic heterocycles. The van der Waals surface area contributed by atoms with Gasteiger partial charge in [0, 0.05) is 25.6 Å². The summed E-state index contributed by atoms with van der Waals surface area (Å²) < 4.78 is 5.01. The van der Waals surface area contributed by atoms with Crippen molar-refractivity contribution in [1.29, 1.82) is 0 Å². The van der Waals surface area contributed by atoms with E-state index < -0.39 is 5.97 Å². The fraction of sp³-hybridized carbons (Fsp3) is 0.429. The third-order valence-electron chi connectivity index (χ3n) is 2.63. The van der Waals surface area contributed by atoms with Crippen molar-refractivity contribution in [1.82, 2.24) is 5.32 Å². The first-order valence-electron chi connectivity index (χ1n) is 6.10. The molecule has 5 nitrogen and oxygen atoms in total. The summed E-state index contributed by atoms with van der Waals surface area (Å²) in [5.41, 5.74) is 1.48. The third kappa shape index (κ3) is 5.52. The van der Waals surface area contributed by atoms with Gasteiger partial charge < -0.3 is 15.2 Å². The van der Waals surface area contributed by atoms with Gasteiger partial charge in [0.1, 0.15) is 0 Å². The summed E-state index contributed by atoms with van der Waals surface area (Å²) >= 11 is 0. The first-order valence-corrected chi connectivity index (χ1v) is 6.10. The van der Waals surface area contributed by atoms with Crippen LogP contribution in [0.15, 0.2) is 24.3 Å². The maximum absolute atomic E-state index is 11.9. The Morgan fingerprint density at radius 1 is 1.42 bits per heavy atom. The molecule has 104 valence electrons. The number of carboxylic acid groups (broad SMARTS) is 1. The SMILES string of the molecule is COCc1cccc(C(=O)NCC(C)CC(=O)O)c1. The summed E-state index contributed by atoms with van der Waals surface area (Å²) in [6.45, 7) is 2.59. The topological polar surface area (TPSA) is 75.6 Å². The lowest BCUT2D eigenvalue weighted by Gasteiger charge is -2.11. The largest absolute Gasteiger partial charge is 0.481 e. The van der Waals surface area contributed by atoms with Crippen LogP contribution < -0.4 is 5.32 Å². The molecule has 0 bridgehead atoms. The molecule has 1 aromatic rings. The number of aliphatic carboxylic acids is 1. The van der Waals surface area contributed by atoms with Crippen LogP contribution >= 0.6 is 0 Å². The highest BCUT2D eigenvalue weighted by Crippen LogP contribution is 2.07. The van der Waals surface area contributed by atoms with Gasteiger partial charge in [-0.05, 0) is 23.6 Å². The van der Waals surface area contributed by atoms with Crippen LogP contribution in [0, 0.1) is 5.92 Å². The first kappa shape index (κ1) is 15.2. The molecular formula is C14H19NO4. The highest BCUT2D eigenvalue weighted by Gasteiger charge is 2.11. The Morgan fingerprint density at radius 3 is 2.79 bits per heavy atom. The number of carbonyl (C=O) groups excluding carboxylic acids is 1. The number of carbonyl (C=O) groups is 2.